The van der Waals surface area contributed by atoms with Crippen molar-refractivity contribution in [2.75, 3.05) is 17.8 Å². The number of carbonyl (C=O) groups is 1. The zero-order chi connectivity index (χ0) is 24.1. The van der Waals surface area contributed by atoms with E-state index < -0.39 is 9.84 Å². The van der Waals surface area contributed by atoms with Gasteiger partial charge in [-0.3, -0.25) is 14.7 Å². The van der Waals surface area contributed by atoms with Crippen LogP contribution in [0.3, 0.4) is 0 Å². The summed E-state index contributed by atoms with van der Waals surface area (Å²) in [5.41, 5.74) is 1.72. The quantitative estimate of drug-likeness (QED) is 0.278. The van der Waals surface area contributed by atoms with Crippen molar-refractivity contribution in [2.24, 2.45) is 0 Å². The van der Waals surface area contributed by atoms with Gasteiger partial charge in [0.15, 0.2) is 15.0 Å². The molecule has 10 heteroatoms. The maximum atomic E-state index is 13.3. The Morgan fingerprint density at radius 3 is 2.53 bits per heavy atom. The van der Waals surface area contributed by atoms with E-state index in [2.05, 4.69) is 25.9 Å². The van der Waals surface area contributed by atoms with E-state index in [1.54, 1.807) is 29.4 Å². The maximum absolute atomic E-state index is 13.3. The molecule has 0 spiro atoms. The van der Waals surface area contributed by atoms with E-state index in [1.807, 2.05) is 30.3 Å². The number of benzene rings is 2. The van der Waals surface area contributed by atoms with Gasteiger partial charge in [-0.15, -0.1) is 0 Å². The zero-order valence-corrected chi connectivity index (χ0v) is 21.6. The molecule has 0 aliphatic heterocycles. The number of nitrogens with zero attached hydrogens (tertiary/aromatic N) is 3. The van der Waals surface area contributed by atoms with Crippen LogP contribution >= 0.6 is 27.3 Å². The number of hydrogen-bond acceptors (Lipinski definition) is 7. The molecular weight excluding hydrogens is 538 g/mol. The molecule has 0 saturated carbocycles. The number of carbonyl (C=O) groups excluding carboxylic acids is 1. The van der Waals surface area contributed by atoms with E-state index >= 15 is 0 Å². The fourth-order valence-corrected chi connectivity index (χ4v) is 6.23. The topological polar surface area (TPSA) is 89.5 Å². The first-order chi connectivity index (χ1) is 16.4. The zero-order valence-electron chi connectivity index (χ0n) is 18.3. The monoisotopic (exact) mass is 559 g/mol. The van der Waals surface area contributed by atoms with Crippen LogP contribution in [0, 0.1) is 0 Å². The second kappa shape index (κ2) is 10.6. The number of ether oxygens (including phenoxy) is 1. The number of thiazole rings is 1. The van der Waals surface area contributed by atoms with Crippen molar-refractivity contribution < 1.29 is 17.9 Å². The highest BCUT2D eigenvalue weighted by atomic mass is 79.9. The highest BCUT2D eigenvalue weighted by molar-refractivity contribution is 9.10. The molecule has 0 atom stereocenters. The van der Waals surface area contributed by atoms with Crippen LogP contribution in [0.5, 0.6) is 5.75 Å². The predicted octanol–water partition coefficient (Wildman–Crippen LogP) is 5.25. The van der Waals surface area contributed by atoms with Gasteiger partial charge in [0.25, 0.3) is 0 Å². The molecule has 0 radical (unpaired) electrons. The highest BCUT2D eigenvalue weighted by Gasteiger charge is 2.22. The highest BCUT2D eigenvalue weighted by Crippen LogP contribution is 2.32. The molecular formula is C24H22BrN3O4S2. The summed E-state index contributed by atoms with van der Waals surface area (Å²) < 4.78 is 32.4. The van der Waals surface area contributed by atoms with Crippen molar-refractivity contribution in [1.29, 1.82) is 0 Å². The van der Waals surface area contributed by atoms with Gasteiger partial charge in [-0.05, 0) is 66.6 Å². The molecule has 0 unspecified atom stereocenters. The molecule has 2 aromatic carbocycles. The summed E-state index contributed by atoms with van der Waals surface area (Å²) >= 11 is 4.89. The number of rotatable bonds is 9. The first-order valence-electron chi connectivity index (χ1n) is 10.5. The Morgan fingerprint density at radius 1 is 1.09 bits per heavy atom. The van der Waals surface area contributed by atoms with Crippen LogP contribution in [-0.2, 0) is 21.2 Å². The van der Waals surface area contributed by atoms with Crippen molar-refractivity contribution in [3.8, 4) is 5.75 Å². The number of sulfone groups is 1. The number of pyridine rings is 1. The number of anilines is 1. The fourth-order valence-electron chi connectivity index (χ4n) is 3.38. The van der Waals surface area contributed by atoms with Gasteiger partial charge in [0.1, 0.15) is 5.75 Å². The molecule has 0 N–H and O–H groups in total. The van der Waals surface area contributed by atoms with Gasteiger partial charge in [-0.25, -0.2) is 13.4 Å². The first kappa shape index (κ1) is 24.3. The van der Waals surface area contributed by atoms with E-state index in [0.717, 1.165) is 20.3 Å². The van der Waals surface area contributed by atoms with Gasteiger partial charge in [-0.1, -0.05) is 27.3 Å². The van der Waals surface area contributed by atoms with Gasteiger partial charge >= 0.3 is 0 Å². The smallest absolute Gasteiger partial charge is 0.229 e. The van der Waals surface area contributed by atoms with Crippen LogP contribution in [0.2, 0.25) is 0 Å². The molecule has 2 heterocycles. The lowest BCUT2D eigenvalue weighted by molar-refractivity contribution is -0.118. The maximum Gasteiger partial charge on any atom is 0.229 e. The number of amides is 1. The molecule has 4 aromatic rings. The number of aromatic nitrogens is 2. The largest absolute Gasteiger partial charge is 0.497 e. The second-order valence-electron chi connectivity index (χ2n) is 7.54. The Balaban J connectivity index is 1.50. The Hall–Kier alpha value is -2.82. The summed E-state index contributed by atoms with van der Waals surface area (Å²) in [4.78, 5) is 23.8. The molecule has 1 amide bonds. The van der Waals surface area contributed by atoms with Crippen LogP contribution in [0.25, 0.3) is 10.2 Å². The molecule has 34 heavy (non-hydrogen) atoms. The first-order valence-corrected chi connectivity index (χ1v) is 13.7. The summed E-state index contributed by atoms with van der Waals surface area (Å²) in [5, 5.41) is 0.577. The SMILES string of the molecule is COc1ccc(S(=O)(=O)CCCC(=O)N(Cc2ccncc2)c2nc3ccc(Br)cc3s2)cc1. The number of methoxy groups -OCH3 is 1. The summed E-state index contributed by atoms with van der Waals surface area (Å²) in [6.07, 6.45) is 3.64. The van der Waals surface area contributed by atoms with Crippen molar-refractivity contribution in [3.63, 3.8) is 0 Å². The lowest BCUT2D eigenvalue weighted by Crippen LogP contribution is -2.30. The van der Waals surface area contributed by atoms with E-state index in [9.17, 15) is 13.2 Å². The van der Waals surface area contributed by atoms with Gasteiger partial charge < -0.3 is 4.74 Å². The van der Waals surface area contributed by atoms with Crippen LogP contribution in [-0.4, -0.2) is 37.2 Å². The van der Waals surface area contributed by atoms with Crippen molar-refractivity contribution in [1.82, 2.24) is 9.97 Å². The number of fused-ring (bicyclic) bond motifs is 1. The summed E-state index contributed by atoms with van der Waals surface area (Å²) in [6, 6.07) is 15.7. The van der Waals surface area contributed by atoms with E-state index in [0.29, 0.717) is 17.4 Å². The minimum Gasteiger partial charge on any atom is -0.497 e. The second-order valence-corrected chi connectivity index (χ2v) is 11.6. The minimum atomic E-state index is -3.51. The molecule has 0 bridgehead atoms. The van der Waals surface area contributed by atoms with Gasteiger partial charge in [-0.2, -0.15) is 0 Å². The van der Waals surface area contributed by atoms with Crippen molar-refractivity contribution in [2.45, 2.75) is 24.3 Å². The lowest BCUT2D eigenvalue weighted by Gasteiger charge is -2.20. The van der Waals surface area contributed by atoms with Crippen LogP contribution < -0.4 is 9.64 Å². The van der Waals surface area contributed by atoms with Gasteiger partial charge in [0.2, 0.25) is 5.91 Å². The average molecular weight is 560 g/mol. The predicted molar refractivity (Wildman–Crippen MR) is 137 cm³/mol. The molecule has 0 aliphatic rings. The lowest BCUT2D eigenvalue weighted by atomic mass is 10.2. The third kappa shape index (κ3) is 5.81. The van der Waals surface area contributed by atoms with E-state index in [1.165, 1.54) is 30.6 Å². The Labute approximate surface area is 210 Å². The van der Waals surface area contributed by atoms with Crippen LogP contribution in [0.1, 0.15) is 18.4 Å². The Morgan fingerprint density at radius 2 is 1.82 bits per heavy atom. The minimum absolute atomic E-state index is 0.0834. The molecule has 4 rings (SSSR count). The molecule has 7 nitrogen and oxygen atoms in total. The standard InChI is InChI=1S/C24H22BrN3O4S2/c1-32-19-5-7-20(8-6-19)34(30,31)14-2-3-23(29)28(16-17-10-12-26-13-11-17)24-27-21-9-4-18(25)15-22(21)33-24/h4-13,15H,2-3,14,16H2,1H3. The fraction of sp³-hybridized carbons (Fsp3) is 0.208. The Bertz CT molecular complexity index is 1390. The molecule has 0 fully saturated rings. The van der Waals surface area contributed by atoms with Crippen molar-refractivity contribution in [3.05, 3.63) is 77.0 Å². The van der Waals surface area contributed by atoms with Crippen LogP contribution in [0.15, 0.2) is 76.4 Å². The molecule has 0 saturated heterocycles. The summed E-state index contributed by atoms with van der Waals surface area (Å²) in [6.45, 7) is 0.327. The van der Waals surface area contributed by atoms with Crippen LogP contribution in [0.4, 0.5) is 5.13 Å². The Kier molecular flexibility index (Phi) is 7.60. The third-order valence-electron chi connectivity index (χ3n) is 5.18. The normalized spacial score (nSPS) is 11.5. The van der Waals surface area contributed by atoms with Crippen molar-refractivity contribution >= 4 is 58.4 Å². The van der Waals surface area contributed by atoms with E-state index in [4.69, 9.17) is 4.74 Å². The summed E-state index contributed by atoms with van der Waals surface area (Å²) in [5.74, 6) is 0.282. The number of halogens is 1. The van der Waals surface area contributed by atoms with Gasteiger partial charge in [0, 0.05) is 23.3 Å². The summed E-state index contributed by atoms with van der Waals surface area (Å²) in [7, 11) is -1.98. The molecule has 176 valence electrons. The molecule has 0 aliphatic carbocycles. The average Bonchev–Trinajstić information content (AvgIpc) is 3.25. The number of hydrogen-bond donors (Lipinski definition) is 0. The molecule has 2 aromatic heterocycles. The van der Waals surface area contributed by atoms with Gasteiger partial charge in [0.05, 0.1) is 34.5 Å². The third-order valence-corrected chi connectivity index (χ3v) is 8.53. The van der Waals surface area contributed by atoms with E-state index in [-0.39, 0.29) is 29.4 Å².